The van der Waals surface area contributed by atoms with Gasteiger partial charge in [0.1, 0.15) is 0 Å². The lowest BCUT2D eigenvalue weighted by Gasteiger charge is -2.17. The minimum absolute atomic E-state index is 0. The number of rotatable bonds is 5. The molecule has 1 aromatic rings. The van der Waals surface area contributed by atoms with Gasteiger partial charge in [-0.1, -0.05) is 6.07 Å². The van der Waals surface area contributed by atoms with Crippen molar-refractivity contribution in [1.29, 1.82) is 0 Å². The van der Waals surface area contributed by atoms with Gasteiger partial charge < -0.3 is 10.6 Å². The lowest BCUT2D eigenvalue weighted by atomic mass is 10.0. The first kappa shape index (κ1) is 19.0. The summed E-state index contributed by atoms with van der Waals surface area (Å²) >= 11 is 0. The fraction of sp³-hybridized carbons (Fsp3) is 0.533. The molecule has 7 nitrogen and oxygen atoms in total. The Morgan fingerprint density at radius 3 is 2.88 bits per heavy atom. The molecule has 1 saturated heterocycles. The molecule has 0 saturated carbocycles. The number of halogens is 1. The number of hydrogen-bond donors (Lipinski definition) is 3. The molecular weight excluding hydrogens is 352 g/mol. The van der Waals surface area contributed by atoms with E-state index in [1.807, 2.05) is 6.07 Å². The van der Waals surface area contributed by atoms with Crippen molar-refractivity contribution in [2.75, 3.05) is 29.3 Å². The van der Waals surface area contributed by atoms with Crippen LogP contribution in [0, 0.1) is 5.92 Å². The predicted molar refractivity (Wildman–Crippen MR) is 96.7 cm³/mol. The Balaban J connectivity index is 0.00000208. The molecular formula is C15H23ClN4O3S. The van der Waals surface area contributed by atoms with Crippen LogP contribution in [0.3, 0.4) is 0 Å². The van der Waals surface area contributed by atoms with Gasteiger partial charge in [-0.15, -0.1) is 12.4 Å². The molecule has 0 aliphatic carbocycles. The molecule has 1 fully saturated rings. The fourth-order valence-electron chi connectivity index (χ4n) is 3.21. The third-order valence-electron chi connectivity index (χ3n) is 4.47. The summed E-state index contributed by atoms with van der Waals surface area (Å²) in [6, 6.07) is 5.33. The maximum atomic E-state index is 12.1. The van der Waals surface area contributed by atoms with E-state index in [1.165, 1.54) is 4.31 Å². The van der Waals surface area contributed by atoms with Gasteiger partial charge in [-0.2, -0.15) is 8.42 Å². The number of nitrogens with two attached hydrogens (primary N) is 1. The van der Waals surface area contributed by atoms with Crippen LogP contribution in [0.4, 0.5) is 11.4 Å². The molecule has 4 N–H and O–H groups in total. The summed E-state index contributed by atoms with van der Waals surface area (Å²) in [4.78, 5) is 12.1. The molecule has 9 heteroatoms. The smallest absolute Gasteiger partial charge is 0.299 e. The van der Waals surface area contributed by atoms with E-state index < -0.39 is 10.2 Å². The van der Waals surface area contributed by atoms with Gasteiger partial charge in [0.05, 0.1) is 5.69 Å². The molecule has 0 spiro atoms. The molecule has 1 unspecified atom stereocenters. The van der Waals surface area contributed by atoms with Crippen molar-refractivity contribution in [3.05, 3.63) is 23.8 Å². The number of carbonyl (C=O) groups is 1. The molecule has 2 heterocycles. The normalized spacial score (nSPS) is 19.7. The molecule has 3 rings (SSSR count). The zero-order valence-electron chi connectivity index (χ0n) is 13.3. The molecule has 0 bridgehead atoms. The van der Waals surface area contributed by atoms with Crippen LogP contribution in [0.1, 0.15) is 24.8 Å². The molecule has 0 aromatic heterocycles. The van der Waals surface area contributed by atoms with Crippen molar-refractivity contribution in [2.45, 2.75) is 25.7 Å². The minimum atomic E-state index is -3.77. The molecule has 1 atom stereocenters. The van der Waals surface area contributed by atoms with E-state index in [9.17, 15) is 13.2 Å². The number of carbonyl (C=O) groups excluding carboxylic acids is 1. The van der Waals surface area contributed by atoms with E-state index in [0.717, 1.165) is 31.5 Å². The molecule has 1 amide bonds. The van der Waals surface area contributed by atoms with Crippen molar-refractivity contribution in [1.82, 2.24) is 5.32 Å². The largest absolute Gasteiger partial charge is 0.326 e. The van der Waals surface area contributed by atoms with Gasteiger partial charge in [0, 0.05) is 18.7 Å². The number of hydrogen-bond acceptors (Lipinski definition) is 4. The minimum Gasteiger partial charge on any atom is -0.326 e. The second-order valence-electron chi connectivity index (χ2n) is 6.16. The summed E-state index contributed by atoms with van der Waals surface area (Å²) in [5, 5.41) is 11.4. The van der Waals surface area contributed by atoms with Gasteiger partial charge in [-0.05, 0) is 56.0 Å². The monoisotopic (exact) mass is 374 g/mol. The number of nitrogens with one attached hydrogen (secondary N) is 2. The lowest BCUT2D eigenvalue weighted by Crippen LogP contribution is -2.35. The van der Waals surface area contributed by atoms with E-state index in [0.29, 0.717) is 36.7 Å². The molecule has 0 radical (unpaired) electrons. The first-order valence-corrected chi connectivity index (χ1v) is 9.38. The molecule has 2 aliphatic heterocycles. The van der Waals surface area contributed by atoms with Crippen molar-refractivity contribution < 1.29 is 13.2 Å². The van der Waals surface area contributed by atoms with E-state index in [2.05, 4.69) is 10.6 Å². The van der Waals surface area contributed by atoms with Crippen LogP contribution < -0.4 is 20.1 Å². The SMILES string of the molecule is Cl.NS(=O)(=O)N1CCc2ccc(NC(=O)CCC3CCNC3)cc21. The van der Waals surface area contributed by atoms with Crippen molar-refractivity contribution in [2.24, 2.45) is 11.1 Å². The van der Waals surface area contributed by atoms with Crippen LogP contribution in [0.25, 0.3) is 0 Å². The van der Waals surface area contributed by atoms with Crippen molar-refractivity contribution >= 4 is 39.9 Å². The third-order valence-corrected chi connectivity index (χ3v) is 5.46. The first-order chi connectivity index (χ1) is 10.9. The third kappa shape index (κ3) is 4.38. The lowest BCUT2D eigenvalue weighted by molar-refractivity contribution is -0.116. The van der Waals surface area contributed by atoms with Crippen LogP contribution in [-0.4, -0.2) is 34.0 Å². The number of fused-ring (bicyclic) bond motifs is 1. The second-order valence-corrected chi connectivity index (χ2v) is 7.63. The number of amides is 1. The average Bonchev–Trinajstić information content (AvgIpc) is 3.13. The Kier molecular flexibility index (Phi) is 6.08. The van der Waals surface area contributed by atoms with Gasteiger partial charge in [0.15, 0.2) is 0 Å². The standard InChI is InChI=1S/C15H22N4O3S.ClH/c16-23(21,22)19-8-6-12-2-3-13(9-14(12)19)18-15(20)4-1-11-5-7-17-10-11;/h2-3,9,11,17H,1,4-8,10H2,(H,18,20)(H2,16,21,22);1H. The van der Waals surface area contributed by atoms with E-state index in [4.69, 9.17) is 5.14 Å². The van der Waals surface area contributed by atoms with E-state index in [1.54, 1.807) is 12.1 Å². The highest BCUT2D eigenvalue weighted by molar-refractivity contribution is 7.90. The summed E-state index contributed by atoms with van der Waals surface area (Å²) in [7, 11) is -3.77. The highest BCUT2D eigenvalue weighted by Crippen LogP contribution is 2.32. The Morgan fingerprint density at radius 1 is 1.42 bits per heavy atom. The van der Waals surface area contributed by atoms with E-state index >= 15 is 0 Å². The molecule has 134 valence electrons. The number of anilines is 2. The van der Waals surface area contributed by atoms with Crippen LogP contribution in [-0.2, 0) is 21.4 Å². The highest BCUT2D eigenvalue weighted by atomic mass is 35.5. The summed E-state index contributed by atoms with van der Waals surface area (Å²) in [5.41, 5.74) is 2.09. The second kappa shape index (κ2) is 7.69. The van der Waals surface area contributed by atoms with Gasteiger partial charge >= 0.3 is 0 Å². The summed E-state index contributed by atoms with van der Waals surface area (Å²) in [6.07, 6.45) is 3.10. The van der Waals surface area contributed by atoms with Crippen LogP contribution in [0.2, 0.25) is 0 Å². The zero-order valence-corrected chi connectivity index (χ0v) is 15.0. The van der Waals surface area contributed by atoms with Crippen LogP contribution >= 0.6 is 12.4 Å². The maximum absolute atomic E-state index is 12.1. The summed E-state index contributed by atoms with van der Waals surface area (Å²) < 4.78 is 24.4. The number of benzene rings is 1. The zero-order chi connectivity index (χ0) is 16.4. The topological polar surface area (TPSA) is 105 Å². The Morgan fingerprint density at radius 2 is 2.21 bits per heavy atom. The van der Waals surface area contributed by atoms with Crippen molar-refractivity contribution in [3.63, 3.8) is 0 Å². The van der Waals surface area contributed by atoms with Gasteiger partial charge in [0.25, 0.3) is 10.2 Å². The van der Waals surface area contributed by atoms with Gasteiger partial charge in [-0.3, -0.25) is 9.10 Å². The number of nitrogens with zero attached hydrogens (tertiary/aromatic N) is 1. The Bertz CT molecular complexity index is 705. The molecule has 24 heavy (non-hydrogen) atoms. The van der Waals surface area contributed by atoms with Crippen molar-refractivity contribution in [3.8, 4) is 0 Å². The Labute approximate surface area is 148 Å². The van der Waals surface area contributed by atoms with Gasteiger partial charge in [0.2, 0.25) is 5.91 Å². The van der Waals surface area contributed by atoms with Crippen LogP contribution in [0.15, 0.2) is 18.2 Å². The first-order valence-electron chi connectivity index (χ1n) is 7.87. The quantitative estimate of drug-likeness (QED) is 0.715. The van der Waals surface area contributed by atoms with Gasteiger partial charge in [-0.25, -0.2) is 5.14 Å². The highest BCUT2D eigenvalue weighted by Gasteiger charge is 2.27. The van der Waals surface area contributed by atoms with Crippen LogP contribution in [0.5, 0.6) is 0 Å². The average molecular weight is 375 g/mol. The summed E-state index contributed by atoms with van der Waals surface area (Å²) in [5.74, 6) is 0.524. The molecule has 2 aliphatic rings. The maximum Gasteiger partial charge on any atom is 0.299 e. The van der Waals surface area contributed by atoms with E-state index in [-0.39, 0.29) is 18.3 Å². The molecule has 1 aromatic carbocycles. The summed E-state index contributed by atoms with van der Waals surface area (Å²) in [6.45, 7) is 2.36. The Hall–Kier alpha value is -1.35. The predicted octanol–water partition coefficient (Wildman–Crippen LogP) is 1.00. The fourth-order valence-corrected chi connectivity index (χ4v) is 4.00.